The second-order valence-electron chi connectivity index (χ2n) is 4.46. The highest BCUT2D eigenvalue weighted by Crippen LogP contribution is 2.16. The molecule has 0 bridgehead atoms. The van der Waals surface area contributed by atoms with E-state index in [1.54, 1.807) is 20.3 Å². The van der Waals surface area contributed by atoms with E-state index in [1.807, 2.05) is 0 Å². The molecule has 0 aliphatic heterocycles. The van der Waals surface area contributed by atoms with Crippen molar-refractivity contribution in [3.63, 3.8) is 0 Å². The molecule has 2 N–H and O–H groups in total. The summed E-state index contributed by atoms with van der Waals surface area (Å²) < 4.78 is 10.2. The summed E-state index contributed by atoms with van der Waals surface area (Å²) in [6.45, 7) is 4.29. The molecule has 96 valence electrons. The molecule has 0 saturated carbocycles. The van der Waals surface area contributed by atoms with Gasteiger partial charge in [0.15, 0.2) is 0 Å². The molecule has 1 unspecified atom stereocenters. The zero-order chi connectivity index (χ0) is 12.8. The monoisotopic (exact) mass is 239 g/mol. The van der Waals surface area contributed by atoms with Gasteiger partial charge in [0.25, 0.3) is 0 Å². The molecule has 0 aliphatic rings. The second-order valence-corrected chi connectivity index (χ2v) is 4.46. The zero-order valence-corrected chi connectivity index (χ0v) is 10.9. The molecule has 0 aromatic carbocycles. The summed E-state index contributed by atoms with van der Waals surface area (Å²) in [5.41, 5.74) is 6.03. The zero-order valence-electron chi connectivity index (χ0n) is 10.9. The Morgan fingerprint density at radius 1 is 1.18 bits per heavy atom. The Kier molecular flexibility index (Phi) is 5.15. The Morgan fingerprint density at radius 2 is 1.71 bits per heavy atom. The first-order chi connectivity index (χ1) is 8.05. The summed E-state index contributed by atoms with van der Waals surface area (Å²) in [4.78, 5) is 8.51. The van der Waals surface area contributed by atoms with E-state index in [2.05, 4.69) is 23.8 Å². The van der Waals surface area contributed by atoms with Gasteiger partial charge < -0.3 is 15.2 Å². The second kappa shape index (κ2) is 6.39. The van der Waals surface area contributed by atoms with Crippen molar-refractivity contribution in [2.75, 3.05) is 14.2 Å². The van der Waals surface area contributed by atoms with E-state index in [0.717, 1.165) is 6.42 Å². The Hall–Kier alpha value is -1.36. The molecule has 1 heterocycles. The molecular formula is C12H21N3O2. The number of methoxy groups -OCH3 is 2. The summed E-state index contributed by atoms with van der Waals surface area (Å²) in [6, 6.07) is 1.71. The van der Waals surface area contributed by atoms with Crippen LogP contribution >= 0.6 is 0 Å². The van der Waals surface area contributed by atoms with Gasteiger partial charge in [-0.15, -0.1) is 0 Å². The Balaban J connectivity index is 2.75. The fourth-order valence-corrected chi connectivity index (χ4v) is 1.67. The number of hydrogen-bond donors (Lipinski definition) is 1. The minimum Gasteiger partial charge on any atom is -0.481 e. The van der Waals surface area contributed by atoms with E-state index >= 15 is 0 Å². The van der Waals surface area contributed by atoms with Crippen LogP contribution in [0, 0.1) is 5.92 Å². The van der Waals surface area contributed by atoms with Crippen LogP contribution in [0.25, 0.3) is 0 Å². The number of nitrogens with zero attached hydrogens (tertiary/aromatic N) is 2. The van der Waals surface area contributed by atoms with Crippen LogP contribution in [0.3, 0.4) is 0 Å². The quantitative estimate of drug-likeness (QED) is 0.812. The molecule has 0 aliphatic carbocycles. The molecule has 0 radical (unpaired) electrons. The molecule has 1 aromatic rings. The first kappa shape index (κ1) is 13.7. The predicted molar refractivity (Wildman–Crippen MR) is 66.3 cm³/mol. The van der Waals surface area contributed by atoms with Crippen molar-refractivity contribution in [2.24, 2.45) is 11.7 Å². The minimum absolute atomic E-state index is 0.0619. The van der Waals surface area contributed by atoms with E-state index in [4.69, 9.17) is 15.2 Å². The maximum absolute atomic E-state index is 6.03. The van der Waals surface area contributed by atoms with Crippen molar-refractivity contribution in [3.8, 4) is 11.8 Å². The van der Waals surface area contributed by atoms with Gasteiger partial charge in [-0.1, -0.05) is 13.8 Å². The maximum atomic E-state index is 6.03. The summed E-state index contributed by atoms with van der Waals surface area (Å²) in [5, 5.41) is 0. The third-order valence-electron chi connectivity index (χ3n) is 2.36. The highest BCUT2D eigenvalue weighted by atomic mass is 16.5. The first-order valence-electron chi connectivity index (χ1n) is 5.76. The van der Waals surface area contributed by atoms with Gasteiger partial charge in [-0.05, 0) is 12.3 Å². The molecular weight excluding hydrogens is 218 g/mol. The Labute approximate surface area is 102 Å². The van der Waals surface area contributed by atoms with Gasteiger partial charge in [-0.2, -0.15) is 9.97 Å². The summed E-state index contributed by atoms with van der Waals surface area (Å²) in [7, 11) is 3.14. The van der Waals surface area contributed by atoms with Crippen LogP contribution < -0.4 is 15.2 Å². The van der Waals surface area contributed by atoms with Crippen molar-refractivity contribution >= 4 is 0 Å². The number of rotatable bonds is 6. The minimum atomic E-state index is 0.0619. The van der Waals surface area contributed by atoms with Crippen molar-refractivity contribution in [1.29, 1.82) is 0 Å². The molecule has 5 nitrogen and oxygen atoms in total. The molecule has 1 atom stereocenters. The van der Waals surface area contributed by atoms with Gasteiger partial charge in [0, 0.05) is 12.5 Å². The molecule has 0 spiro atoms. The highest BCUT2D eigenvalue weighted by Gasteiger charge is 2.11. The van der Waals surface area contributed by atoms with E-state index in [9.17, 15) is 0 Å². The highest BCUT2D eigenvalue weighted by molar-refractivity contribution is 5.21. The third kappa shape index (κ3) is 4.56. The molecule has 5 heteroatoms. The summed E-state index contributed by atoms with van der Waals surface area (Å²) >= 11 is 0. The van der Waals surface area contributed by atoms with E-state index < -0.39 is 0 Å². The molecule has 17 heavy (non-hydrogen) atoms. The fourth-order valence-electron chi connectivity index (χ4n) is 1.67. The molecule has 0 fully saturated rings. The van der Waals surface area contributed by atoms with Gasteiger partial charge in [-0.25, -0.2) is 0 Å². The lowest BCUT2D eigenvalue weighted by Gasteiger charge is -2.13. The van der Waals surface area contributed by atoms with Crippen LogP contribution in [0.15, 0.2) is 6.07 Å². The van der Waals surface area contributed by atoms with Crippen LogP contribution in [0.5, 0.6) is 11.8 Å². The first-order valence-corrected chi connectivity index (χ1v) is 5.76. The lowest BCUT2D eigenvalue weighted by molar-refractivity contribution is 0.366. The third-order valence-corrected chi connectivity index (χ3v) is 2.36. The van der Waals surface area contributed by atoms with Crippen LogP contribution in [-0.2, 0) is 6.42 Å². The molecule has 0 amide bonds. The van der Waals surface area contributed by atoms with Crippen molar-refractivity contribution < 1.29 is 9.47 Å². The molecule has 1 aromatic heterocycles. The molecule has 1 rings (SSSR count). The smallest absolute Gasteiger partial charge is 0.220 e. The standard InChI is InChI=1S/C12H21N3O2/c1-8(2)5-9(13)6-10-14-11(16-3)7-12(15-10)17-4/h7-9H,5-6,13H2,1-4H3. The molecule has 0 saturated heterocycles. The van der Waals surface area contributed by atoms with Gasteiger partial charge in [0.2, 0.25) is 11.8 Å². The van der Waals surface area contributed by atoms with Gasteiger partial charge in [0.1, 0.15) is 5.82 Å². The largest absolute Gasteiger partial charge is 0.481 e. The summed E-state index contributed by atoms with van der Waals surface area (Å²) in [6.07, 6.45) is 1.58. The van der Waals surface area contributed by atoms with Crippen LogP contribution in [-0.4, -0.2) is 30.2 Å². The van der Waals surface area contributed by atoms with Gasteiger partial charge >= 0.3 is 0 Å². The van der Waals surface area contributed by atoms with Crippen LogP contribution in [0.1, 0.15) is 26.1 Å². The number of hydrogen-bond acceptors (Lipinski definition) is 5. The van der Waals surface area contributed by atoms with Gasteiger partial charge in [-0.3, -0.25) is 0 Å². The topological polar surface area (TPSA) is 70.3 Å². The van der Waals surface area contributed by atoms with Gasteiger partial charge in [0.05, 0.1) is 20.3 Å². The lowest BCUT2D eigenvalue weighted by Crippen LogP contribution is -2.25. The van der Waals surface area contributed by atoms with Crippen molar-refractivity contribution in [1.82, 2.24) is 9.97 Å². The van der Waals surface area contributed by atoms with Crippen molar-refractivity contribution in [3.05, 3.63) is 11.9 Å². The number of aromatic nitrogens is 2. The normalized spacial score (nSPS) is 12.6. The average molecular weight is 239 g/mol. The number of nitrogens with two attached hydrogens (primary N) is 1. The predicted octanol–water partition coefficient (Wildman–Crippen LogP) is 1.41. The lowest BCUT2D eigenvalue weighted by atomic mass is 10.0. The van der Waals surface area contributed by atoms with Crippen LogP contribution in [0.4, 0.5) is 0 Å². The fraction of sp³-hybridized carbons (Fsp3) is 0.667. The maximum Gasteiger partial charge on any atom is 0.220 e. The average Bonchev–Trinajstić information content (AvgIpc) is 2.27. The summed E-state index contributed by atoms with van der Waals surface area (Å²) in [5.74, 6) is 2.24. The number of ether oxygens (including phenoxy) is 2. The van der Waals surface area contributed by atoms with Crippen LogP contribution in [0.2, 0.25) is 0 Å². The Bertz CT molecular complexity index is 333. The van der Waals surface area contributed by atoms with E-state index in [-0.39, 0.29) is 6.04 Å². The Morgan fingerprint density at radius 3 is 2.12 bits per heavy atom. The van der Waals surface area contributed by atoms with E-state index in [0.29, 0.717) is 29.9 Å². The van der Waals surface area contributed by atoms with Crippen molar-refractivity contribution in [2.45, 2.75) is 32.7 Å². The van der Waals surface area contributed by atoms with E-state index in [1.165, 1.54) is 0 Å². The SMILES string of the molecule is COc1cc(OC)nc(CC(N)CC(C)C)n1.